The van der Waals surface area contributed by atoms with E-state index in [-0.39, 0.29) is 17.9 Å². The fourth-order valence-electron chi connectivity index (χ4n) is 0.585. The van der Waals surface area contributed by atoms with E-state index in [2.05, 4.69) is 34.7 Å². The van der Waals surface area contributed by atoms with Crippen molar-refractivity contribution in [2.24, 2.45) is 0 Å². The SMILES string of the molecule is CCC(O)(OC(=O)CS)OC(=O)CS. The van der Waals surface area contributed by atoms with Crippen molar-refractivity contribution in [3.05, 3.63) is 0 Å². The van der Waals surface area contributed by atoms with Crippen molar-refractivity contribution < 1.29 is 24.2 Å². The third-order valence-electron chi connectivity index (χ3n) is 1.25. The molecule has 5 nitrogen and oxygen atoms in total. The lowest BCUT2D eigenvalue weighted by Gasteiger charge is -2.24. The fourth-order valence-corrected chi connectivity index (χ4v) is 0.715. The number of esters is 2. The van der Waals surface area contributed by atoms with E-state index in [1.165, 1.54) is 6.92 Å². The van der Waals surface area contributed by atoms with Gasteiger partial charge in [-0.25, -0.2) is 0 Å². The summed E-state index contributed by atoms with van der Waals surface area (Å²) in [5, 5.41) is 9.47. The summed E-state index contributed by atoms with van der Waals surface area (Å²) in [5.74, 6) is -4.17. The number of thiol groups is 2. The molecule has 0 aliphatic carbocycles. The molecule has 0 aliphatic rings. The minimum atomic E-state index is -2.21. The van der Waals surface area contributed by atoms with Gasteiger partial charge in [0.1, 0.15) is 0 Å². The van der Waals surface area contributed by atoms with Crippen molar-refractivity contribution in [2.45, 2.75) is 19.3 Å². The highest BCUT2D eigenvalue weighted by molar-refractivity contribution is 7.81. The molecular formula is C7H12O5S2. The summed E-state index contributed by atoms with van der Waals surface area (Å²) in [5.41, 5.74) is 0. The number of rotatable bonds is 5. The van der Waals surface area contributed by atoms with Gasteiger partial charge in [-0.1, -0.05) is 6.92 Å². The van der Waals surface area contributed by atoms with E-state index in [4.69, 9.17) is 0 Å². The highest BCUT2D eigenvalue weighted by Gasteiger charge is 2.33. The van der Waals surface area contributed by atoms with Crippen LogP contribution in [0.1, 0.15) is 13.3 Å². The summed E-state index contributed by atoms with van der Waals surface area (Å²) in [6.45, 7) is 1.50. The average Bonchev–Trinajstić information content (AvgIpc) is 2.17. The van der Waals surface area contributed by atoms with Crippen molar-refractivity contribution >= 4 is 37.2 Å². The minimum absolute atomic E-state index is 0.0635. The summed E-state index contributed by atoms with van der Waals surface area (Å²) in [4.78, 5) is 21.6. The van der Waals surface area contributed by atoms with E-state index >= 15 is 0 Å². The van der Waals surface area contributed by atoms with E-state index in [1.54, 1.807) is 0 Å². The number of carbonyl (C=O) groups excluding carboxylic acids is 2. The normalized spacial score (nSPS) is 10.9. The number of hydrogen-bond donors (Lipinski definition) is 3. The molecule has 0 unspecified atom stereocenters. The standard InChI is InChI=1S/C7H12O5S2/c1-2-7(10,11-5(8)3-13)12-6(9)4-14/h10,13-14H,2-4H2,1H3. The summed E-state index contributed by atoms with van der Waals surface area (Å²) in [6.07, 6.45) is -0.0635. The molecule has 0 aliphatic heterocycles. The zero-order valence-electron chi connectivity index (χ0n) is 7.60. The molecule has 0 radical (unpaired) electrons. The second-order valence-electron chi connectivity index (χ2n) is 2.33. The fraction of sp³-hybridized carbons (Fsp3) is 0.714. The third kappa shape index (κ3) is 4.73. The van der Waals surface area contributed by atoms with Crippen LogP contribution in [0.15, 0.2) is 0 Å². The highest BCUT2D eigenvalue weighted by atomic mass is 32.1. The van der Waals surface area contributed by atoms with Gasteiger partial charge < -0.3 is 14.6 Å². The molecule has 0 amide bonds. The Balaban J connectivity index is 4.31. The number of carbonyl (C=O) groups is 2. The van der Waals surface area contributed by atoms with Gasteiger partial charge in [-0.05, 0) is 0 Å². The van der Waals surface area contributed by atoms with Gasteiger partial charge in [0.2, 0.25) is 0 Å². The van der Waals surface area contributed by atoms with Gasteiger partial charge in [-0.2, -0.15) is 25.3 Å². The zero-order chi connectivity index (χ0) is 11.2. The van der Waals surface area contributed by atoms with Gasteiger partial charge in [-0.15, -0.1) is 0 Å². The van der Waals surface area contributed by atoms with Crippen LogP contribution < -0.4 is 0 Å². The number of ether oxygens (including phenoxy) is 2. The molecule has 0 heterocycles. The summed E-state index contributed by atoms with van der Waals surface area (Å²) >= 11 is 7.28. The van der Waals surface area contributed by atoms with Crippen molar-refractivity contribution in [3.8, 4) is 0 Å². The summed E-state index contributed by atoms with van der Waals surface area (Å²) < 4.78 is 8.94. The first-order chi connectivity index (χ1) is 6.47. The van der Waals surface area contributed by atoms with Gasteiger partial charge in [-0.3, -0.25) is 9.59 Å². The monoisotopic (exact) mass is 240 g/mol. The van der Waals surface area contributed by atoms with Crippen molar-refractivity contribution in [1.82, 2.24) is 0 Å². The predicted octanol–water partition coefficient (Wildman–Crippen LogP) is -0.0115. The smallest absolute Gasteiger partial charge is 0.372 e. The number of hydrogen-bond acceptors (Lipinski definition) is 7. The quantitative estimate of drug-likeness (QED) is 0.358. The third-order valence-corrected chi connectivity index (χ3v) is 1.77. The topological polar surface area (TPSA) is 72.8 Å². The van der Waals surface area contributed by atoms with Crippen molar-refractivity contribution in [2.75, 3.05) is 11.5 Å². The van der Waals surface area contributed by atoms with Crippen molar-refractivity contribution in [3.63, 3.8) is 0 Å². The van der Waals surface area contributed by atoms with E-state index < -0.39 is 17.9 Å². The molecule has 0 spiro atoms. The Morgan fingerprint density at radius 1 is 1.21 bits per heavy atom. The second-order valence-corrected chi connectivity index (χ2v) is 2.96. The molecule has 0 rings (SSSR count). The van der Waals surface area contributed by atoms with Gasteiger partial charge in [0.25, 0.3) is 0 Å². The van der Waals surface area contributed by atoms with Crippen LogP contribution in [0.3, 0.4) is 0 Å². The van der Waals surface area contributed by atoms with E-state index in [1.807, 2.05) is 0 Å². The van der Waals surface area contributed by atoms with Gasteiger partial charge >= 0.3 is 17.9 Å². The van der Waals surface area contributed by atoms with Crippen LogP contribution >= 0.6 is 25.3 Å². The van der Waals surface area contributed by atoms with Crippen LogP contribution in [-0.2, 0) is 19.1 Å². The van der Waals surface area contributed by atoms with Crippen LogP contribution in [0, 0.1) is 0 Å². The van der Waals surface area contributed by atoms with Crippen LogP contribution in [0.2, 0.25) is 0 Å². The molecule has 0 atom stereocenters. The predicted molar refractivity (Wildman–Crippen MR) is 55.1 cm³/mol. The highest BCUT2D eigenvalue weighted by Crippen LogP contribution is 2.15. The Kier molecular flexibility index (Phi) is 5.98. The van der Waals surface area contributed by atoms with E-state index in [0.717, 1.165) is 0 Å². The Hall–Kier alpha value is -0.400. The molecule has 0 saturated carbocycles. The minimum Gasteiger partial charge on any atom is -0.397 e. The van der Waals surface area contributed by atoms with E-state index in [9.17, 15) is 14.7 Å². The molecule has 14 heavy (non-hydrogen) atoms. The molecule has 0 aromatic carbocycles. The molecule has 0 aromatic rings. The van der Waals surface area contributed by atoms with Gasteiger partial charge in [0, 0.05) is 0 Å². The Labute approximate surface area is 92.6 Å². The summed E-state index contributed by atoms with van der Waals surface area (Å²) in [7, 11) is 0. The maximum absolute atomic E-state index is 10.8. The first kappa shape index (κ1) is 13.6. The van der Waals surface area contributed by atoms with E-state index in [0.29, 0.717) is 0 Å². The van der Waals surface area contributed by atoms with Gasteiger partial charge in [0.05, 0.1) is 17.9 Å². The second kappa shape index (κ2) is 6.15. The lowest BCUT2D eigenvalue weighted by Crippen LogP contribution is -2.40. The number of aliphatic hydroxyl groups is 1. The zero-order valence-corrected chi connectivity index (χ0v) is 9.38. The molecule has 1 N–H and O–H groups in total. The van der Waals surface area contributed by atoms with Crippen LogP contribution in [0.5, 0.6) is 0 Å². The molecule has 82 valence electrons. The van der Waals surface area contributed by atoms with Crippen LogP contribution in [0.25, 0.3) is 0 Å². The molecule has 0 saturated heterocycles. The van der Waals surface area contributed by atoms with Crippen LogP contribution in [-0.4, -0.2) is 34.5 Å². The summed E-state index contributed by atoms with van der Waals surface area (Å²) in [6, 6.07) is 0. The maximum Gasteiger partial charge on any atom is 0.372 e. The Morgan fingerprint density at radius 3 is 1.79 bits per heavy atom. The first-order valence-electron chi connectivity index (χ1n) is 3.85. The maximum atomic E-state index is 10.8. The Bertz CT molecular complexity index is 200. The molecule has 0 fully saturated rings. The largest absolute Gasteiger partial charge is 0.397 e. The molecular weight excluding hydrogens is 228 g/mol. The molecule has 7 heteroatoms. The Morgan fingerprint density at radius 2 is 1.57 bits per heavy atom. The lowest BCUT2D eigenvalue weighted by molar-refractivity contribution is -0.323. The molecule has 0 bridgehead atoms. The molecule has 0 aromatic heterocycles. The van der Waals surface area contributed by atoms with Crippen LogP contribution in [0.4, 0.5) is 0 Å². The van der Waals surface area contributed by atoms with Crippen molar-refractivity contribution in [1.29, 1.82) is 0 Å². The van der Waals surface area contributed by atoms with Gasteiger partial charge in [0.15, 0.2) is 0 Å². The first-order valence-corrected chi connectivity index (χ1v) is 5.11. The lowest BCUT2D eigenvalue weighted by atomic mass is 10.4. The average molecular weight is 240 g/mol.